The number of fused-ring (bicyclic) bond motifs is 1. The summed E-state index contributed by atoms with van der Waals surface area (Å²) < 4.78 is 0. The Labute approximate surface area is 164 Å². The second-order valence-corrected chi connectivity index (χ2v) is 7.07. The molecule has 0 saturated carbocycles. The van der Waals surface area contributed by atoms with Gasteiger partial charge in [0.2, 0.25) is 5.91 Å². The van der Waals surface area contributed by atoms with Crippen LogP contribution in [0.3, 0.4) is 0 Å². The summed E-state index contributed by atoms with van der Waals surface area (Å²) in [6.07, 6.45) is 0.851. The quantitative estimate of drug-likeness (QED) is 0.737. The minimum Gasteiger partial charge on any atom is -0.338 e. The standard InChI is InChI=1S/C24H22N2O2/c1-17(27)26-14-13-20-11-12-23(15-22(20)16-26)25-24(28)21-9-7-19(8-10-21)18-5-3-2-4-6-18/h2-12,15H,13-14,16H2,1H3,(H,25,28). The summed E-state index contributed by atoms with van der Waals surface area (Å²) in [4.78, 5) is 26.1. The van der Waals surface area contributed by atoms with Gasteiger partial charge in [-0.05, 0) is 52.9 Å². The predicted molar refractivity (Wildman–Crippen MR) is 111 cm³/mol. The van der Waals surface area contributed by atoms with Gasteiger partial charge in [-0.3, -0.25) is 9.59 Å². The van der Waals surface area contributed by atoms with Crippen LogP contribution in [-0.4, -0.2) is 23.3 Å². The molecule has 0 unspecified atom stereocenters. The van der Waals surface area contributed by atoms with E-state index in [1.54, 1.807) is 6.92 Å². The summed E-state index contributed by atoms with van der Waals surface area (Å²) in [6.45, 7) is 2.94. The van der Waals surface area contributed by atoms with Gasteiger partial charge in [-0.2, -0.15) is 0 Å². The molecule has 4 rings (SSSR count). The van der Waals surface area contributed by atoms with E-state index in [2.05, 4.69) is 5.32 Å². The molecule has 1 heterocycles. The Bertz CT molecular complexity index is 1010. The molecule has 1 aliphatic rings. The Morgan fingerprint density at radius 3 is 2.29 bits per heavy atom. The van der Waals surface area contributed by atoms with Crippen LogP contribution >= 0.6 is 0 Å². The molecule has 0 aromatic heterocycles. The Morgan fingerprint density at radius 2 is 1.57 bits per heavy atom. The van der Waals surface area contributed by atoms with E-state index >= 15 is 0 Å². The number of anilines is 1. The first-order valence-corrected chi connectivity index (χ1v) is 9.44. The summed E-state index contributed by atoms with van der Waals surface area (Å²) in [7, 11) is 0. The number of carbonyl (C=O) groups excluding carboxylic acids is 2. The molecule has 28 heavy (non-hydrogen) atoms. The molecule has 3 aromatic carbocycles. The van der Waals surface area contributed by atoms with Gasteiger partial charge in [0, 0.05) is 31.3 Å². The van der Waals surface area contributed by atoms with E-state index in [9.17, 15) is 9.59 Å². The Kier molecular flexibility index (Phi) is 4.94. The van der Waals surface area contributed by atoms with Gasteiger partial charge in [0.15, 0.2) is 0 Å². The van der Waals surface area contributed by atoms with E-state index in [-0.39, 0.29) is 11.8 Å². The van der Waals surface area contributed by atoms with Crippen molar-refractivity contribution in [1.82, 2.24) is 4.90 Å². The molecule has 1 aliphatic heterocycles. The third kappa shape index (κ3) is 3.81. The number of hydrogen-bond acceptors (Lipinski definition) is 2. The van der Waals surface area contributed by atoms with Crippen molar-refractivity contribution < 1.29 is 9.59 Å². The highest BCUT2D eigenvalue weighted by Gasteiger charge is 2.18. The Morgan fingerprint density at radius 1 is 0.857 bits per heavy atom. The highest BCUT2D eigenvalue weighted by Crippen LogP contribution is 2.24. The van der Waals surface area contributed by atoms with Gasteiger partial charge in [0.25, 0.3) is 5.91 Å². The molecule has 3 aromatic rings. The molecule has 4 nitrogen and oxygen atoms in total. The molecule has 0 aliphatic carbocycles. The zero-order chi connectivity index (χ0) is 19.5. The smallest absolute Gasteiger partial charge is 0.255 e. The number of nitrogens with one attached hydrogen (secondary N) is 1. The molecule has 0 fully saturated rings. The molecule has 0 atom stereocenters. The van der Waals surface area contributed by atoms with Crippen molar-refractivity contribution in [2.24, 2.45) is 0 Å². The van der Waals surface area contributed by atoms with E-state index in [4.69, 9.17) is 0 Å². The van der Waals surface area contributed by atoms with Gasteiger partial charge < -0.3 is 10.2 Å². The van der Waals surface area contributed by atoms with Crippen LogP contribution in [0.2, 0.25) is 0 Å². The van der Waals surface area contributed by atoms with Crippen LogP contribution in [0.5, 0.6) is 0 Å². The maximum Gasteiger partial charge on any atom is 0.255 e. The maximum atomic E-state index is 12.6. The van der Waals surface area contributed by atoms with E-state index in [1.807, 2.05) is 77.7 Å². The SMILES string of the molecule is CC(=O)N1CCc2ccc(NC(=O)c3ccc(-c4ccccc4)cc3)cc2C1. The molecule has 0 radical (unpaired) electrons. The fourth-order valence-electron chi connectivity index (χ4n) is 3.55. The van der Waals surface area contributed by atoms with Crippen molar-refractivity contribution in [3.8, 4) is 11.1 Å². The molecule has 2 amide bonds. The van der Waals surface area contributed by atoms with Crippen LogP contribution in [0, 0.1) is 0 Å². The van der Waals surface area contributed by atoms with Crippen LogP contribution in [0.4, 0.5) is 5.69 Å². The van der Waals surface area contributed by atoms with E-state index in [0.29, 0.717) is 12.1 Å². The van der Waals surface area contributed by atoms with Crippen LogP contribution in [0.1, 0.15) is 28.4 Å². The van der Waals surface area contributed by atoms with E-state index < -0.39 is 0 Å². The summed E-state index contributed by atoms with van der Waals surface area (Å²) in [5, 5.41) is 2.97. The average Bonchev–Trinajstić information content (AvgIpc) is 2.74. The first-order chi connectivity index (χ1) is 13.6. The van der Waals surface area contributed by atoms with Crippen molar-refractivity contribution in [2.45, 2.75) is 19.9 Å². The lowest BCUT2D eigenvalue weighted by Gasteiger charge is -2.28. The molecular formula is C24H22N2O2. The zero-order valence-corrected chi connectivity index (χ0v) is 15.8. The largest absolute Gasteiger partial charge is 0.338 e. The van der Waals surface area contributed by atoms with Crippen molar-refractivity contribution in [2.75, 3.05) is 11.9 Å². The van der Waals surface area contributed by atoms with Crippen LogP contribution < -0.4 is 5.32 Å². The van der Waals surface area contributed by atoms with Crippen LogP contribution in [0.15, 0.2) is 72.8 Å². The molecule has 140 valence electrons. The number of carbonyl (C=O) groups is 2. The van der Waals surface area contributed by atoms with E-state index in [0.717, 1.165) is 35.3 Å². The van der Waals surface area contributed by atoms with Gasteiger partial charge in [-0.1, -0.05) is 48.5 Å². The van der Waals surface area contributed by atoms with Gasteiger partial charge in [-0.25, -0.2) is 0 Å². The van der Waals surface area contributed by atoms with Crippen LogP contribution in [-0.2, 0) is 17.8 Å². The average molecular weight is 370 g/mol. The topological polar surface area (TPSA) is 49.4 Å². The summed E-state index contributed by atoms with van der Waals surface area (Å²) in [5.41, 5.74) is 5.90. The number of rotatable bonds is 3. The number of amides is 2. The second-order valence-electron chi connectivity index (χ2n) is 7.07. The Balaban J connectivity index is 1.48. The first-order valence-electron chi connectivity index (χ1n) is 9.44. The monoisotopic (exact) mass is 370 g/mol. The van der Waals surface area contributed by atoms with Gasteiger partial charge in [-0.15, -0.1) is 0 Å². The van der Waals surface area contributed by atoms with Crippen molar-refractivity contribution >= 4 is 17.5 Å². The number of hydrogen-bond donors (Lipinski definition) is 1. The third-order valence-corrected chi connectivity index (χ3v) is 5.18. The van der Waals surface area contributed by atoms with E-state index in [1.165, 1.54) is 5.56 Å². The fraction of sp³-hybridized carbons (Fsp3) is 0.167. The summed E-state index contributed by atoms with van der Waals surface area (Å²) in [6, 6.07) is 23.6. The molecule has 1 N–H and O–H groups in total. The lowest BCUT2D eigenvalue weighted by Crippen LogP contribution is -2.34. The highest BCUT2D eigenvalue weighted by atomic mass is 16.2. The van der Waals surface area contributed by atoms with Crippen molar-refractivity contribution in [1.29, 1.82) is 0 Å². The first kappa shape index (κ1) is 18.0. The molecule has 0 saturated heterocycles. The maximum absolute atomic E-state index is 12.6. The highest BCUT2D eigenvalue weighted by molar-refractivity contribution is 6.04. The minimum absolute atomic E-state index is 0.0820. The third-order valence-electron chi connectivity index (χ3n) is 5.18. The van der Waals surface area contributed by atoms with Gasteiger partial charge in [0.05, 0.1) is 0 Å². The lowest BCUT2D eigenvalue weighted by molar-refractivity contribution is -0.129. The fourth-order valence-corrected chi connectivity index (χ4v) is 3.55. The van der Waals surface area contributed by atoms with Crippen LogP contribution in [0.25, 0.3) is 11.1 Å². The van der Waals surface area contributed by atoms with Gasteiger partial charge in [0.1, 0.15) is 0 Å². The van der Waals surface area contributed by atoms with Gasteiger partial charge >= 0.3 is 0 Å². The Hall–Kier alpha value is -3.40. The minimum atomic E-state index is -0.140. The zero-order valence-electron chi connectivity index (χ0n) is 15.8. The second kappa shape index (κ2) is 7.69. The van der Waals surface area contributed by atoms with Crippen molar-refractivity contribution in [3.63, 3.8) is 0 Å². The number of benzene rings is 3. The normalized spacial score (nSPS) is 13.0. The molecular weight excluding hydrogens is 348 g/mol. The number of nitrogens with zero attached hydrogens (tertiary/aromatic N) is 1. The molecule has 0 bridgehead atoms. The predicted octanol–water partition coefficient (Wildman–Crippen LogP) is 4.51. The summed E-state index contributed by atoms with van der Waals surface area (Å²) in [5.74, 6) is -0.0580. The molecule has 0 spiro atoms. The van der Waals surface area contributed by atoms with Crippen molar-refractivity contribution in [3.05, 3.63) is 89.5 Å². The molecule has 4 heteroatoms. The summed E-state index contributed by atoms with van der Waals surface area (Å²) >= 11 is 0. The lowest BCUT2D eigenvalue weighted by atomic mass is 9.99.